The van der Waals surface area contributed by atoms with Crippen LogP contribution in [0.5, 0.6) is 0 Å². The van der Waals surface area contributed by atoms with Crippen LogP contribution in [0.4, 0.5) is 0 Å². The van der Waals surface area contributed by atoms with Gasteiger partial charge in [-0.3, -0.25) is 10.2 Å². The van der Waals surface area contributed by atoms with Crippen molar-refractivity contribution >= 4 is 17.5 Å². The van der Waals surface area contributed by atoms with Gasteiger partial charge in [-0.15, -0.1) is 0 Å². The molecule has 0 bridgehead atoms. The molecular formula is C24H31ClN2O3. The fourth-order valence-corrected chi connectivity index (χ4v) is 4.29. The summed E-state index contributed by atoms with van der Waals surface area (Å²) in [6, 6.07) is 15.9. The fraction of sp³-hybridized carbons (Fsp3) is 0.458. The van der Waals surface area contributed by atoms with Crippen molar-refractivity contribution in [2.45, 2.75) is 46.0 Å². The molecule has 0 aliphatic carbocycles. The molecule has 6 heteroatoms. The van der Waals surface area contributed by atoms with E-state index < -0.39 is 0 Å². The van der Waals surface area contributed by atoms with Gasteiger partial charge in [0.05, 0.1) is 31.8 Å². The molecule has 1 aliphatic heterocycles. The number of halogens is 1. The molecule has 5 unspecified atom stereocenters. The van der Waals surface area contributed by atoms with E-state index in [1.54, 1.807) is 0 Å². The number of benzene rings is 2. The zero-order valence-electron chi connectivity index (χ0n) is 17.8. The minimum atomic E-state index is -0.277. The molecule has 1 fully saturated rings. The quantitative estimate of drug-likeness (QED) is 0.387. The van der Waals surface area contributed by atoms with Crippen molar-refractivity contribution < 1.29 is 14.3 Å². The van der Waals surface area contributed by atoms with E-state index in [0.29, 0.717) is 36.0 Å². The van der Waals surface area contributed by atoms with E-state index in [9.17, 15) is 4.79 Å². The Balaban J connectivity index is 1.72. The van der Waals surface area contributed by atoms with Gasteiger partial charge in [0.1, 0.15) is 0 Å². The van der Waals surface area contributed by atoms with Gasteiger partial charge in [0, 0.05) is 5.02 Å². The normalized spacial score (nSPS) is 26.4. The molecule has 0 saturated carbocycles. The van der Waals surface area contributed by atoms with Gasteiger partial charge < -0.3 is 9.47 Å². The van der Waals surface area contributed by atoms with Gasteiger partial charge in [0.15, 0.2) is 0 Å². The van der Waals surface area contributed by atoms with Crippen LogP contribution in [0.2, 0.25) is 5.02 Å². The molecule has 0 aromatic heterocycles. The lowest BCUT2D eigenvalue weighted by Gasteiger charge is -2.44. The molecular weight excluding hydrogens is 400 g/mol. The highest BCUT2D eigenvalue weighted by molar-refractivity contribution is 6.31. The second-order valence-electron chi connectivity index (χ2n) is 8.27. The SMILES string of the molecule is CC1C(COCc2ccccc2)OC(c2ccc(Cl)c(CC(=O)NN)c2)C(C)C1C. The molecule has 3 rings (SSSR count). The number of hydrogen-bond donors (Lipinski definition) is 2. The maximum Gasteiger partial charge on any atom is 0.238 e. The molecule has 30 heavy (non-hydrogen) atoms. The van der Waals surface area contributed by atoms with E-state index in [1.165, 1.54) is 0 Å². The summed E-state index contributed by atoms with van der Waals surface area (Å²) in [6.45, 7) is 7.83. The molecule has 0 radical (unpaired) electrons. The van der Waals surface area contributed by atoms with Crippen molar-refractivity contribution in [1.29, 1.82) is 0 Å². The summed E-state index contributed by atoms with van der Waals surface area (Å²) in [5, 5.41) is 0.551. The Labute approximate surface area is 183 Å². The lowest BCUT2D eigenvalue weighted by atomic mass is 9.75. The van der Waals surface area contributed by atoms with Crippen molar-refractivity contribution in [2.75, 3.05) is 6.61 Å². The van der Waals surface area contributed by atoms with E-state index in [-0.39, 0.29) is 24.5 Å². The van der Waals surface area contributed by atoms with Crippen molar-refractivity contribution in [3.63, 3.8) is 0 Å². The zero-order chi connectivity index (χ0) is 21.7. The molecule has 162 valence electrons. The van der Waals surface area contributed by atoms with Crippen LogP contribution in [0.3, 0.4) is 0 Å². The lowest BCUT2D eigenvalue weighted by molar-refractivity contribution is -0.159. The Kier molecular flexibility index (Phi) is 7.89. The Morgan fingerprint density at radius 2 is 1.83 bits per heavy atom. The Hall–Kier alpha value is -1.92. The summed E-state index contributed by atoms with van der Waals surface area (Å²) in [5.74, 6) is 6.11. The van der Waals surface area contributed by atoms with E-state index in [1.807, 2.05) is 36.4 Å². The predicted octanol–water partition coefficient (Wildman–Crippen LogP) is 4.44. The van der Waals surface area contributed by atoms with Crippen LogP contribution in [0.15, 0.2) is 48.5 Å². The highest BCUT2D eigenvalue weighted by Crippen LogP contribution is 2.43. The number of carbonyl (C=O) groups is 1. The highest BCUT2D eigenvalue weighted by atomic mass is 35.5. The van der Waals surface area contributed by atoms with E-state index in [4.69, 9.17) is 26.9 Å². The van der Waals surface area contributed by atoms with Gasteiger partial charge >= 0.3 is 0 Å². The van der Waals surface area contributed by atoms with Gasteiger partial charge in [0.25, 0.3) is 0 Å². The Morgan fingerprint density at radius 1 is 1.10 bits per heavy atom. The first-order chi connectivity index (χ1) is 14.4. The summed E-state index contributed by atoms with van der Waals surface area (Å²) >= 11 is 6.30. The zero-order valence-corrected chi connectivity index (χ0v) is 18.6. The number of ether oxygens (including phenoxy) is 2. The van der Waals surface area contributed by atoms with Crippen LogP contribution >= 0.6 is 11.6 Å². The Bertz CT molecular complexity index is 846. The number of hydrazine groups is 1. The summed E-state index contributed by atoms with van der Waals surface area (Å²) < 4.78 is 12.5. The molecule has 2 aromatic carbocycles. The van der Waals surface area contributed by atoms with Crippen molar-refractivity contribution in [2.24, 2.45) is 23.6 Å². The van der Waals surface area contributed by atoms with Crippen LogP contribution in [0, 0.1) is 17.8 Å². The van der Waals surface area contributed by atoms with Crippen molar-refractivity contribution in [1.82, 2.24) is 5.43 Å². The number of amides is 1. The van der Waals surface area contributed by atoms with Crippen molar-refractivity contribution in [3.8, 4) is 0 Å². The smallest absolute Gasteiger partial charge is 0.238 e. The van der Waals surface area contributed by atoms with Gasteiger partial charge in [-0.05, 0) is 40.5 Å². The molecule has 1 saturated heterocycles. The fourth-order valence-electron chi connectivity index (χ4n) is 4.10. The third-order valence-electron chi connectivity index (χ3n) is 6.35. The third-order valence-corrected chi connectivity index (χ3v) is 6.72. The monoisotopic (exact) mass is 430 g/mol. The van der Waals surface area contributed by atoms with E-state index >= 15 is 0 Å². The van der Waals surface area contributed by atoms with Crippen LogP contribution in [0.25, 0.3) is 0 Å². The molecule has 2 aromatic rings. The molecule has 5 nitrogen and oxygen atoms in total. The first kappa shape index (κ1) is 22.8. The molecule has 1 aliphatic rings. The third kappa shape index (κ3) is 5.41. The maximum atomic E-state index is 11.7. The molecule has 1 heterocycles. The van der Waals surface area contributed by atoms with E-state index in [0.717, 1.165) is 16.7 Å². The number of nitrogens with one attached hydrogen (secondary N) is 1. The number of hydrogen-bond acceptors (Lipinski definition) is 4. The summed E-state index contributed by atoms with van der Waals surface area (Å²) in [6.07, 6.45) is 0.0506. The average molecular weight is 431 g/mol. The first-order valence-electron chi connectivity index (χ1n) is 10.5. The maximum absolute atomic E-state index is 11.7. The summed E-state index contributed by atoms with van der Waals surface area (Å²) in [5.41, 5.74) is 5.08. The van der Waals surface area contributed by atoms with Crippen LogP contribution in [-0.4, -0.2) is 18.6 Å². The minimum absolute atomic E-state index is 0.00335. The molecule has 3 N–H and O–H groups in total. The Morgan fingerprint density at radius 3 is 2.53 bits per heavy atom. The van der Waals surface area contributed by atoms with Gasteiger partial charge in [-0.25, -0.2) is 5.84 Å². The predicted molar refractivity (Wildman–Crippen MR) is 119 cm³/mol. The van der Waals surface area contributed by atoms with Gasteiger partial charge in [0.2, 0.25) is 5.91 Å². The number of nitrogens with two attached hydrogens (primary N) is 1. The van der Waals surface area contributed by atoms with Crippen LogP contribution in [0.1, 0.15) is 43.6 Å². The number of rotatable bonds is 7. The molecule has 1 amide bonds. The topological polar surface area (TPSA) is 73.6 Å². The molecule has 5 atom stereocenters. The standard InChI is InChI=1S/C24H31ClN2O3/c1-15-16(2)22(14-29-13-18-7-5-4-6-8-18)30-24(17(15)3)19-9-10-21(25)20(11-19)12-23(28)27-26/h4-11,15-17,22,24H,12-14,26H2,1-3H3,(H,27,28). The summed E-state index contributed by atoms with van der Waals surface area (Å²) in [7, 11) is 0. The average Bonchev–Trinajstić information content (AvgIpc) is 2.76. The minimum Gasteiger partial charge on any atom is -0.374 e. The summed E-state index contributed by atoms with van der Waals surface area (Å²) in [4.78, 5) is 11.7. The van der Waals surface area contributed by atoms with Crippen molar-refractivity contribution in [3.05, 3.63) is 70.2 Å². The molecule has 0 spiro atoms. The largest absolute Gasteiger partial charge is 0.374 e. The second kappa shape index (κ2) is 10.4. The second-order valence-corrected chi connectivity index (χ2v) is 8.68. The van der Waals surface area contributed by atoms with Crippen LogP contribution < -0.4 is 11.3 Å². The van der Waals surface area contributed by atoms with Crippen LogP contribution in [-0.2, 0) is 27.3 Å². The first-order valence-corrected chi connectivity index (χ1v) is 10.8. The highest BCUT2D eigenvalue weighted by Gasteiger charge is 2.39. The lowest BCUT2D eigenvalue weighted by Crippen LogP contribution is -2.42. The van der Waals surface area contributed by atoms with Gasteiger partial charge in [-0.2, -0.15) is 0 Å². The van der Waals surface area contributed by atoms with E-state index in [2.05, 4.69) is 38.3 Å². The van der Waals surface area contributed by atoms with Gasteiger partial charge in [-0.1, -0.05) is 74.8 Å². The number of carbonyl (C=O) groups excluding carboxylic acids is 1.